The van der Waals surface area contributed by atoms with Gasteiger partial charge in [-0.15, -0.1) is 0 Å². The molecule has 5 nitrogen and oxygen atoms in total. The van der Waals surface area contributed by atoms with Crippen molar-refractivity contribution in [2.45, 2.75) is 32.9 Å². The zero-order valence-corrected chi connectivity index (χ0v) is 17.6. The highest BCUT2D eigenvalue weighted by Crippen LogP contribution is 2.24. The van der Waals surface area contributed by atoms with Crippen LogP contribution < -0.4 is 4.74 Å². The van der Waals surface area contributed by atoms with Crippen molar-refractivity contribution in [2.24, 2.45) is 0 Å². The maximum Gasteiger partial charge on any atom is 0.261 e. The third-order valence-electron chi connectivity index (χ3n) is 5.11. The van der Waals surface area contributed by atoms with Gasteiger partial charge in [0.15, 0.2) is 16.4 Å². The Morgan fingerprint density at radius 2 is 1.93 bits per heavy atom. The van der Waals surface area contributed by atoms with Crippen molar-refractivity contribution < 1.29 is 17.9 Å². The molecule has 0 radical (unpaired) electrons. The van der Waals surface area contributed by atoms with E-state index in [4.69, 9.17) is 16.3 Å². The Labute approximate surface area is 171 Å². The van der Waals surface area contributed by atoms with Crippen LogP contribution in [0, 0.1) is 13.8 Å². The van der Waals surface area contributed by atoms with E-state index >= 15 is 0 Å². The van der Waals surface area contributed by atoms with Crippen LogP contribution in [0.15, 0.2) is 42.5 Å². The van der Waals surface area contributed by atoms with Crippen LogP contribution in [0.1, 0.15) is 23.1 Å². The highest BCUT2D eigenvalue weighted by molar-refractivity contribution is 7.91. The number of amides is 1. The Bertz CT molecular complexity index is 974. The Hall–Kier alpha value is -2.05. The third-order valence-corrected chi connectivity index (χ3v) is 7.23. The second-order valence-electron chi connectivity index (χ2n) is 7.20. The molecular weight excluding hydrogens is 398 g/mol. The molecule has 1 aliphatic heterocycles. The van der Waals surface area contributed by atoms with E-state index in [1.807, 2.05) is 50.2 Å². The van der Waals surface area contributed by atoms with Gasteiger partial charge in [-0.05, 0) is 55.2 Å². The first kappa shape index (κ1) is 20.7. The molecule has 3 rings (SSSR count). The van der Waals surface area contributed by atoms with Gasteiger partial charge in [0.1, 0.15) is 5.75 Å². The average molecular weight is 422 g/mol. The number of carbonyl (C=O) groups excluding carboxylic acids is 1. The Balaban J connectivity index is 1.76. The minimum absolute atomic E-state index is 0.0210. The summed E-state index contributed by atoms with van der Waals surface area (Å²) in [6.45, 7) is 4.10. The summed E-state index contributed by atoms with van der Waals surface area (Å²) in [4.78, 5) is 14.5. The molecule has 1 unspecified atom stereocenters. The van der Waals surface area contributed by atoms with Gasteiger partial charge >= 0.3 is 0 Å². The fourth-order valence-electron chi connectivity index (χ4n) is 3.28. The van der Waals surface area contributed by atoms with Crippen molar-refractivity contribution in [1.82, 2.24) is 4.90 Å². The van der Waals surface area contributed by atoms with E-state index in [1.165, 1.54) is 0 Å². The van der Waals surface area contributed by atoms with Gasteiger partial charge in [-0.3, -0.25) is 4.79 Å². The van der Waals surface area contributed by atoms with Crippen LogP contribution in [0.5, 0.6) is 5.75 Å². The highest BCUT2D eigenvalue weighted by Gasteiger charge is 2.35. The van der Waals surface area contributed by atoms with Crippen LogP contribution >= 0.6 is 11.6 Å². The molecule has 1 heterocycles. The summed E-state index contributed by atoms with van der Waals surface area (Å²) < 4.78 is 29.6. The number of halogens is 1. The van der Waals surface area contributed by atoms with E-state index in [0.29, 0.717) is 17.2 Å². The first-order valence-corrected chi connectivity index (χ1v) is 11.4. The number of sulfone groups is 1. The van der Waals surface area contributed by atoms with Gasteiger partial charge in [0, 0.05) is 17.6 Å². The molecule has 0 spiro atoms. The van der Waals surface area contributed by atoms with Crippen molar-refractivity contribution in [3.8, 4) is 5.75 Å². The van der Waals surface area contributed by atoms with E-state index in [0.717, 1.165) is 16.7 Å². The van der Waals surface area contributed by atoms with Gasteiger partial charge in [0.05, 0.1) is 11.5 Å². The second kappa shape index (κ2) is 8.53. The molecule has 1 aliphatic rings. The highest BCUT2D eigenvalue weighted by atomic mass is 35.5. The summed E-state index contributed by atoms with van der Waals surface area (Å²) in [7, 11) is -3.12. The lowest BCUT2D eigenvalue weighted by atomic mass is 10.1. The molecule has 28 heavy (non-hydrogen) atoms. The molecule has 2 aromatic carbocycles. The smallest absolute Gasteiger partial charge is 0.261 e. The maximum atomic E-state index is 12.9. The van der Waals surface area contributed by atoms with Gasteiger partial charge < -0.3 is 9.64 Å². The lowest BCUT2D eigenvalue weighted by Gasteiger charge is -2.28. The van der Waals surface area contributed by atoms with Gasteiger partial charge in [0.2, 0.25) is 0 Å². The SMILES string of the molecule is Cc1ccc(OCC(=O)N(Cc2ccccc2Cl)C2CCS(=O)(=O)C2)cc1C. The summed E-state index contributed by atoms with van der Waals surface area (Å²) >= 11 is 6.25. The molecule has 0 aliphatic carbocycles. The molecule has 1 atom stereocenters. The van der Waals surface area contributed by atoms with Crippen LogP contribution in [-0.4, -0.2) is 43.4 Å². The minimum atomic E-state index is -3.12. The molecule has 1 fully saturated rings. The number of carbonyl (C=O) groups is 1. The van der Waals surface area contributed by atoms with Crippen molar-refractivity contribution >= 4 is 27.3 Å². The van der Waals surface area contributed by atoms with Crippen LogP contribution in [0.3, 0.4) is 0 Å². The van der Waals surface area contributed by atoms with Crippen molar-refractivity contribution in [3.05, 3.63) is 64.2 Å². The summed E-state index contributed by atoms with van der Waals surface area (Å²) in [5.74, 6) is 0.447. The fraction of sp³-hybridized carbons (Fsp3) is 0.381. The summed E-state index contributed by atoms with van der Waals surface area (Å²) in [6, 6.07) is 12.6. The van der Waals surface area contributed by atoms with Gasteiger partial charge in [-0.1, -0.05) is 35.9 Å². The first-order chi connectivity index (χ1) is 13.2. The monoisotopic (exact) mass is 421 g/mol. The number of benzene rings is 2. The van der Waals surface area contributed by atoms with Crippen LogP contribution in [0.25, 0.3) is 0 Å². The van der Waals surface area contributed by atoms with E-state index in [9.17, 15) is 13.2 Å². The zero-order valence-electron chi connectivity index (χ0n) is 16.0. The summed E-state index contributed by atoms with van der Waals surface area (Å²) in [5, 5.41) is 0.552. The van der Waals surface area contributed by atoms with Crippen LogP contribution in [-0.2, 0) is 21.2 Å². The topological polar surface area (TPSA) is 63.7 Å². The zero-order chi connectivity index (χ0) is 20.3. The fourth-order valence-corrected chi connectivity index (χ4v) is 5.21. The quantitative estimate of drug-likeness (QED) is 0.715. The molecule has 7 heteroatoms. The molecular formula is C21H24ClNO4S. The number of aryl methyl sites for hydroxylation is 2. The van der Waals surface area contributed by atoms with Crippen molar-refractivity contribution in [2.75, 3.05) is 18.1 Å². The summed E-state index contributed by atoms with van der Waals surface area (Å²) in [5.41, 5.74) is 3.02. The van der Waals surface area contributed by atoms with Crippen molar-refractivity contribution in [3.63, 3.8) is 0 Å². The van der Waals surface area contributed by atoms with Gasteiger partial charge in [0.25, 0.3) is 5.91 Å². The van der Waals surface area contributed by atoms with Crippen molar-refractivity contribution in [1.29, 1.82) is 0 Å². The van der Waals surface area contributed by atoms with Crippen LogP contribution in [0.4, 0.5) is 0 Å². The third kappa shape index (κ3) is 5.06. The van der Waals surface area contributed by atoms with Gasteiger partial charge in [-0.2, -0.15) is 0 Å². The molecule has 0 saturated carbocycles. The Kier molecular flexibility index (Phi) is 6.30. The first-order valence-electron chi connectivity index (χ1n) is 9.18. The molecule has 1 amide bonds. The predicted octanol–water partition coefficient (Wildman–Crippen LogP) is 3.55. The molecule has 2 aromatic rings. The Morgan fingerprint density at radius 3 is 2.57 bits per heavy atom. The van der Waals surface area contributed by atoms with E-state index < -0.39 is 9.84 Å². The largest absolute Gasteiger partial charge is 0.484 e. The number of hydrogen-bond acceptors (Lipinski definition) is 4. The van der Waals surface area contributed by atoms with Crippen LogP contribution in [0.2, 0.25) is 5.02 Å². The van der Waals surface area contributed by atoms with E-state index in [1.54, 1.807) is 11.0 Å². The lowest BCUT2D eigenvalue weighted by Crippen LogP contribution is -2.43. The predicted molar refractivity (Wildman–Crippen MR) is 110 cm³/mol. The average Bonchev–Trinajstić information content (AvgIpc) is 3.01. The molecule has 0 N–H and O–H groups in total. The summed E-state index contributed by atoms with van der Waals surface area (Å²) in [6.07, 6.45) is 0.433. The minimum Gasteiger partial charge on any atom is -0.484 e. The van der Waals surface area contributed by atoms with E-state index in [2.05, 4.69) is 0 Å². The Morgan fingerprint density at radius 1 is 1.18 bits per heavy atom. The van der Waals surface area contributed by atoms with E-state index in [-0.39, 0.29) is 36.6 Å². The molecule has 150 valence electrons. The second-order valence-corrected chi connectivity index (χ2v) is 9.84. The van der Waals surface area contributed by atoms with Gasteiger partial charge in [-0.25, -0.2) is 8.42 Å². The normalized spacial score (nSPS) is 18.0. The lowest BCUT2D eigenvalue weighted by molar-refractivity contribution is -0.136. The molecule has 0 bridgehead atoms. The number of nitrogens with zero attached hydrogens (tertiary/aromatic N) is 1. The number of rotatable bonds is 6. The molecule has 0 aromatic heterocycles. The molecule has 1 saturated heterocycles. The standard InChI is InChI=1S/C21H24ClNO4S/c1-15-7-8-19(11-16(15)2)27-13-21(24)23(18-9-10-28(25,26)14-18)12-17-5-3-4-6-20(17)22/h3-8,11,18H,9-10,12-14H2,1-2H3. The maximum absolute atomic E-state index is 12.9. The number of hydrogen-bond donors (Lipinski definition) is 0. The number of ether oxygens (including phenoxy) is 1.